The number of aliphatic hydroxyl groups excluding tert-OH is 2. The van der Waals surface area contributed by atoms with Crippen molar-refractivity contribution in [3.63, 3.8) is 0 Å². The van der Waals surface area contributed by atoms with Crippen LogP contribution in [0, 0.1) is 11.6 Å². The highest BCUT2D eigenvalue weighted by molar-refractivity contribution is 5.78. The summed E-state index contributed by atoms with van der Waals surface area (Å²) >= 11 is 0. The second-order valence-electron chi connectivity index (χ2n) is 4.30. The molecule has 5 nitrogen and oxygen atoms in total. The molecule has 0 saturated carbocycles. The number of hydrogen-bond acceptors (Lipinski definition) is 4. The van der Waals surface area contributed by atoms with E-state index in [0.29, 0.717) is 6.07 Å². The molecule has 1 fully saturated rings. The normalized spacial score (nSPS) is 22.6. The molecule has 7 heteroatoms. The first-order chi connectivity index (χ1) is 8.97. The number of amides is 1. The lowest BCUT2D eigenvalue weighted by molar-refractivity contribution is -0.132. The van der Waals surface area contributed by atoms with Gasteiger partial charge in [-0.25, -0.2) is 8.78 Å². The highest BCUT2D eigenvalue weighted by Gasteiger charge is 2.32. The third-order valence-electron chi connectivity index (χ3n) is 2.86. The maximum absolute atomic E-state index is 13.2. The summed E-state index contributed by atoms with van der Waals surface area (Å²) in [6, 6.07) is 2.76. The molecule has 0 bridgehead atoms. The Kier molecular flexibility index (Phi) is 3.96. The van der Waals surface area contributed by atoms with Crippen molar-refractivity contribution in [1.29, 1.82) is 0 Å². The predicted octanol–water partition coefficient (Wildman–Crippen LogP) is -0.0924. The van der Waals surface area contributed by atoms with Crippen molar-refractivity contribution in [2.75, 3.05) is 19.7 Å². The number of carbonyl (C=O) groups is 1. The first kappa shape index (κ1) is 13.7. The molecule has 0 spiro atoms. The summed E-state index contributed by atoms with van der Waals surface area (Å²) in [6.07, 6.45) is -1.96. The fourth-order valence-corrected chi connectivity index (χ4v) is 1.80. The van der Waals surface area contributed by atoms with Crippen LogP contribution in [0.3, 0.4) is 0 Å². The number of nitrogens with zero attached hydrogens (tertiary/aromatic N) is 1. The van der Waals surface area contributed by atoms with Crippen molar-refractivity contribution in [3.05, 3.63) is 29.8 Å². The van der Waals surface area contributed by atoms with Gasteiger partial charge in [0.15, 0.2) is 18.2 Å². The first-order valence-electron chi connectivity index (χ1n) is 5.69. The van der Waals surface area contributed by atoms with Crippen LogP contribution in [0.2, 0.25) is 0 Å². The van der Waals surface area contributed by atoms with E-state index in [1.54, 1.807) is 0 Å². The highest BCUT2D eigenvalue weighted by atomic mass is 19.1. The predicted molar refractivity (Wildman–Crippen MR) is 60.4 cm³/mol. The summed E-state index contributed by atoms with van der Waals surface area (Å²) in [5, 5.41) is 18.6. The number of halogens is 2. The molecule has 0 aromatic heterocycles. The van der Waals surface area contributed by atoms with Gasteiger partial charge in [0.25, 0.3) is 5.91 Å². The number of carbonyl (C=O) groups excluding carboxylic acids is 1. The van der Waals surface area contributed by atoms with Gasteiger partial charge in [0, 0.05) is 19.2 Å². The Hall–Kier alpha value is -1.73. The Morgan fingerprint density at radius 1 is 1.32 bits per heavy atom. The van der Waals surface area contributed by atoms with Crippen LogP contribution in [0.15, 0.2) is 18.2 Å². The quantitative estimate of drug-likeness (QED) is 0.807. The topological polar surface area (TPSA) is 70.0 Å². The van der Waals surface area contributed by atoms with Crippen molar-refractivity contribution in [3.8, 4) is 5.75 Å². The van der Waals surface area contributed by atoms with E-state index in [9.17, 15) is 23.8 Å². The van der Waals surface area contributed by atoms with E-state index in [0.717, 1.165) is 12.1 Å². The molecule has 1 aromatic carbocycles. The summed E-state index contributed by atoms with van der Waals surface area (Å²) in [4.78, 5) is 12.9. The molecule has 2 rings (SSSR count). The molecule has 2 N–H and O–H groups in total. The number of hydrogen-bond donors (Lipinski definition) is 2. The third-order valence-corrected chi connectivity index (χ3v) is 2.86. The van der Waals surface area contributed by atoms with Gasteiger partial charge in [-0.2, -0.15) is 0 Å². The fraction of sp³-hybridized carbons (Fsp3) is 0.417. The summed E-state index contributed by atoms with van der Waals surface area (Å²) in [5.74, 6) is -2.34. The maximum atomic E-state index is 13.2. The molecule has 0 aliphatic carbocycles. The van der Waals surface area contributed by atoms with Crippen molar-refractivity contribution in [2.24, 2.45) is 0 Å². The molecule has 1 aromatic rings. The van der Waals surface area contributed by atoms with E-state index in [1.165, 1.54) is 4.90 Å². The minimum absolute atomic E-state index is 0.00919. The summed E-state index contributed by atoms with van der Waals surface area (Å²) < 4.78 is 30.8. The zero-order valence-electron chi connectivity index (χ0n) is 9.92. The molecule has 1 aliphatic rings. The second-order valence-corrected chi connectivity index (χ2v) is 4.30. The molecule has 1 amide bonds. The van der Waals surface area contributed by atoms with E-state index in [1.807, 2.05) is 0 Å². The Bertz CT molecular complexity index is 473. The minimum atomic E-state index is -0.980. The minimum Gasteiger partial charge on any atom is -0.481 e. The number of rotatable bonds is 3. The van der Waals surface area contributed by atoms with Crippen LogP contribution in [0.25, 0.3) is 0 Å². The smallest absolute Gasteiger partial charge is 0.260 e. The van der Waals surface area contributed by atoms with Gasteiger partial charge in [0.2, 0.25) is 0 Å². The largest absolute Gasteiger partial charge is 0.481 e. The Morgan fingerprint density at radius 3 is 2.53 bits per heavy atom. The van der Waals surface area contributed by atoms with E-state index < -0.39 is 36.4 Å². The van der Waals surface area contributed by atoms with Gasteiger partial charge in [-0.3, -0.25) is 4.79 Å². The number of likely N-dealkylation sites (tertiary alicyclic amines) is 1. The van der Waals surface area contributed by atoms with Crippen molar-refractivity contribution < 1.29 is 28.5 Å². The molecular weight excluding hydrogens is 260 g/mol. The number of ether oxygens (including phenoxy) is 1. The van der Waals surface area contributed by atoms with Crippen LogP contribution < -0.4 is 4.74 Å². The molecule has 2 atom stereocenters. The SMILES string of the molecule is O=C(COc1ccc(F)cc1F)N1C[C@@H](O)[C@@H](O)C1. The van der Waals surface area contributed by atoms with Crippen molar-refractivity contribution in [2.45, 2.75) is 12.2 Å². The van der Waals surface area contributed by atoms with Crippen LogP contribution in [0.1, 0.15) is 0 Å². The van der Waals surface area contributed by atoms with Gasteiger partial charge in [-0.1, -0.05) is 0 Å². The lowest BCUT2D eigenvalue weighted by atomic mass is 10.3. The summed E-state index contributed by atoms with van der Waals surface area (Å²) in [7, 11) is 0. The standard InChI is InChI=1S/C12H13F2NO4/c13-7-1-2-11(8(14)3-7)19-6-12(18)15-4-9(16)10(17)5-15/h1-3,9-10,16-17H,4-6H2/t9-,10+. The molecule has 1 heterocycles. The first-order valence-corrected chi connectivity index (χ1v) is 5.69. The number of β-amino-alcohol motifs (C(OH)–C–C–N with tert-alkyl or cyclic N) is 2. The lowest BCUT2D eigenvalue weighted by Gasteiger charge is -2.15. The van der Waals surface area contributed by atoms with Crippen LogP contribution in [-0.2, 0) is 4.79 Å². The van der Waals surface area contributed by atoms with Gasteiger partial charge >= 0.3 is 0 Å². The van der Waals surface area contributed by atoms with Crippen molar-refractivity contribution >= 4 is 5.91 Å². The maximum Gasteiger partial charge on any atom is 0.260 e. The van der Waals surface area contributed by atoms with Crippen molar-refractivity contribution in [1.82, 2.24) is 4.90 Å². The van der Waals surface area contributed by atoms with E-state index in [4.69, 9.17) is 4.74 Å². The van der Waals surface area contributed by atoms with Crippen LogP contribution in [0.4, 0.5) is 8.78 Å². The molecule has 19 heavy (non-hydrogen) atoms. The summed E-state index contributed by atoms with van der Waals surface area (Å²) in [6.45, 7) is -0.424. The highest BCUT2D eigenvalue weighted by Crippen LogP contribution is 2.18. The van der Waals surface area contributed by atoms with Gasteiger partial charge < -0.3 is 19.8 Å². The summed E-state index contributed by atoms with van der Waals surface area (Å²) in [5.41, 5.74) is 0. The zero-order valence-corrected chi connectivity index (χ0v) is 9.92. The van der Waals surface area contributed by atoms with Gasteiger partial charge in [-0.15, -0.1) is 0 Å². The molecule has 1 saturated heterocycles. The molecular formula is C12H13F2NO4. The van der Waals surface area contributed by atoms with Gasteiger partial charge in [0.1, 0.15) is 5.82 Å². The van der Waals surface area contributed by atoms with Crippen LogP contribution >= 0.6 is 0 Å². The van der Waals surface area contributed by atoms with Crippen LogP contribution in [-0.4, -0.2) is 52.9 Å². The Morgan fingerprint density at radius 2 is 1.95 bits per heavy atom. The number of aliphatic hydroxyl groups is 2. The zero-order chi connectivity index (χ0) is 14.0. The third kappa shape index (κ3) is 3.18. The van der Waals surface area contributed by atoms with Crippen LogP contribution in [0.5, 0.6) is 5.75 Å². The second kappa shape index (κ2) is 5.50. The monoisotopic (exact) mass is 273 g/mol. The molecule has 104 valence electrons. The van der Waals surface area contributed by atoms with E-state index >= 15 is 0 Å². The molecule has 0 radical (unpaired) electrons. The molecule has 0 unspecified atom stereocenters. The van der Waals surface area contributed by atoms with Gasteiger partial charge in [-0.05, 0) is 12.1 Å². The van der Waals surface area contributed by atoms with E-state index in [-0.39, 0.29) is 18.8 Å². The average molecular weight is 273 g/mol. The lowest BCUT2D eigenvalue weighted by Crippen LogP contribution is -2.34. The average Bonchev–Trinajstić information content (AvgIpc) is 2.68. The fourth-order valence-electron chi connectivity index (χ4n) is 1.80. The van der Waals surface area contributed by atoms with E-state index in [2.05, 4.69) is 0 Å². The van der Waals surface area contributed by atoms with Gasteiger partial charge in [0.05, 0.1) is 12.2 Å². The molecule has 1 aliphatic heterocycles. The number of benzene rings is 1. The Balaban J connectivity index is 1.90. The Labute approximate surface area is 108 Å².